The van der Waals surface area contributed by atoms with Crippen molar-refractivity contribution in [3.8, 4) is 0 Å². The molecule has 7 heteroatoms. The second-order valence-corrected chi connectivity index (χ2v) is 5.86. The Morgan fingerprint density at radius 1 is 1.33 bits per heavy atom. The monoisotopic (exact) mass is 306 g/mol. The quantitative estimate of drug-likeness (QED) is 0.686. The third kappa shape index (κ3) is 3.41. The van der Waals surface area contributed by atoms with Gasteiger partial charge >= 0.3 is 0 Å². The highest BCUT2D eigenvalue weighted by atomic mass is 32.2. The van der Waals surface area contributed by atoms with Crippen molar-refractivity contribution in [1.29, 1.82) is 0 Å². The summed E-state index contributed by atoms with van der Waals surface area (Å²) in [6, 6.07) is 5.06. The number of halogens is 1. The van der Waals surface area contributed by atoms with Crippen molar-refractivity contribution in [1.82, 2.24) is 5.32 Å². The Morgan fingerprint density at radius 2 is 2.14 bits per heavy atom. The van der Waals surface area contributed by atoms with Gasteiger partial charge in [0.1, 0.15) is 5.82 Å². The van der Waals surface area contributed by atoms with Gasteiger partial charge in [-0.1, -0.05) is 17.8 Å². The highest BCUT2D eigenvalue weighted by Crippen LogP contribution is 2.24. The fourth-order valence-electron chi connectivity index (χ4n) is 2.35. The molecule has 2 heterocycles. The Balaban J connectivity index is 1.68. The molecule has 0 unspecified atom stereocenters. The van der Waals surface area contributed by atoms with E-state index in [1.54, 1.807) is 6.07 Å². The first-order chi connectivity index (χ1) is 10.2. The van der Waals surface area contributed by atoms with E-state index in [4.69, 9.17) is 0 Å². The Bertz CT molecular complexity index is 611. The van der Waals surface area contributed by atoms with Crippen LogP contribution in [0.2, 0.25) is 0 Å². The molecule has 2 aliphatic rings. The molecule has 21 heavy (non-hydrogen) atoms. The van der Waals surface area contributed by atoms with Crippen LogP contribution in [-0.2, 0) is 4.79 Å². The fraction of sp³-hybridized carbons (Fsp3) is 0.357. The molecule has 2 saturated heterocycles. The van der Waals surface area contributed by atoms with Crippen molar-refractivity contribution in [2.24, 2.45) is 10.2 Å². The van der Waals surface area contributed by atoms with E-state index in [9.17, 15) is 9.18 Å². The summed E-state index contributed by atoms with van der Waals surface area (Å²) < 4.78 is 14.1. The number of nitrogens with one attached hydrogen (secondary N) is 1. The molecule has 2 aliphatic heterocycles. The van der Waals surface area contributed by atoms with Crippen molar-refractivity contribution < 1.29 is 9.18 Å². The molecule has 2 fully saturated rings. The van der Waals surface area contributed by atoms with E-state index >= 15 is 0 Å². The molecule has 1 amide bonds. The standard InChI is InChI=1S/C14H15FN4OS/c15-11-7-10(3-4-12(11)19-5-1-2-6-19)8-16-18-14-17-13(20)9-21-14/h3-4,7-8H,1-2,5-6,9H2,(H,17,18,20). The van der Waals surface area contributed by atoms with Gasteiger partial charge < -0.3 is 10.2 Å². The predicted octanol–water partition coefficient (Wildman–Crippen LogP) is 1.98. The molecule has 0 atom stereocenters. The minimum Gasteiger partial charge on any atom is -0.369 e. The topological polar surface area (TPSA) is 57.1 Å². The van der Waals surface area contributed by atoms with Gasteiger partial charge in [-0.05, 0) is 30.5 Å². The summed E-state index contributed by atoms with van der Waals surface area (Å²) in [4.78, 5) is 13.0. The van der Waals surface area contributed by atoms with Gasteiger partial charge in [0.2, 0.25) is 5.91 Å². The Morgan fingerprint density at radius 3 is 2.81 bits per heavy atom. The van der Waals surface area contributed by atoms with Crippen molar-refractivity contribution >= 4 is 34.7 Å². The van der Waals surface area contributed by atoms with Crippen LogP contribution < -0.4 is 10.2 Å². The van der Waals surface area contributed by atoms with Crippen molar-refractivity contribution in [3.05, 3.63) is 29.6 Å². The van der Waals surface area contributed by atoms with Crippen LogP contribution in [0.4, 0.5) is 10.1 Å². The first kappa shape index (κ1) is 14.1. The summed E-state index contributed by atoms with van der Waals surface area (Å²) in [6.07, 6.45) is 3.71. The van der Waals surface area contributed by atoms with E-state index in [2.05, 4.69) is 20.4 Å². The minimum absolute atomic E-state index is 0.0741. The van der Waals surface area contributed by atoms with Gasteiger partial charge in [-0.15, -0.1) is 5.10 Å². The zero-order valence-corrected chi connectivity index (χ0v) is 12.2. The molecule has 5 nitrogen and oxygen atoms in total. The number of carbonyl (C=O) groups excluding carboxylic acids is 1. The molecule has 3 rings (SSSR count). The first-order valence-corrected chi connectivity index (χ1v) is 7.79. The molecule has 0 saturated carbocycles. The van der Waals surface area contributed by atoms with E-state index in [1.165, 1.54) is 24.0 Å². The van der Waals surface area contributed by atoms with Crippen LogP contribution in [-0.4, -0.2) is 36.1 Å². The van der Waals surface area contributed by atoms with Crippen molar-refractivity contribution in [2.45, 2.75) is 12.8 Å². The largest absolute Gasteiger partial charge is 0.369 e. The van der Waals surface area contributed by atoms with E-state index in [0.717, 1.165) is 25.9 Å². The molecular formula is C14H15FN4OS. The average molecular weight is 306 g/mol. The van der Waals surface area contributed by atoms with Crippen LogP contribution in [0, 0.1) is 5.82 Å². The zero-order chi connectivity index (χ0) is 14.7. The second-order valence-electron chi connectivity index (χ2n) is 4.89. The van der Waals surface area contributed by atoms with E-state index in [1.807, 2.05) is 6.07 Å². The number of thioether (sulfide) groups is 1. The number of hydrogen-bond acceptors (Lipinski definition) is 5. The van der Waals surface area contributed by atoms with Crippen molar-refractivity contribution in [3.63, 3.8) is 0 Å². The van der Waals surface area contributed by atoms with E-state index < -0.39 is 0 Å². The molecule has 0 aliphatic carbocycles. The number of anilines is 1. The van der Waals surface area contributed by atoms with Gasteiger partial charge in [0.05, 0.1) is 17.7 Å². The lowest BCUT2D eigenvalue weighted by molar-refractivity contribution is -0.116. The molecule has 0 spiro atoms. The van der Waals surface area contributed by atoms with Crippen LogP contribution in [0.5, 0.6) is 0 Å². The highest BCUT2D eigenvalue weighted by Gasteiger charge is 2.17. The second kappa shape index (κ2) is 6.26. The smallest absolute Gasteiger partial charge is 0.236 e. The summed E-state index contributed by atoms with van der Waals surface area (Å²) in [5.74, 6) is 0.0556. The number of nitrogens with zero attached hydrogens (tertiary/aromatic N) is 3. The fourth-order valence-corrected chi connectivity index (χ4v) is 2.98. The maximum absolute atomic E-state index is 14.1. The summed E-state index contributed by atoms with van der Waals surface area (Å²) in [5.41, 5.74) is 1.30. The first-order valence-electron chi connectivity index (χ1n) is 6.80. The lowest BCUT2D eigenvalue weighted by atomic mass is 10.2. The summed E-state index contributed by atoms with van der Waals surface area (Å²) in [5, 5.41) is 10.8. The number of amidine groups is 1. The third-order valence-corrected chi connectivity index (χ3v) is 4.22. The molecule has 1 N–H and O–H groups in total. The molecule has 0 aromatic heterocycles. The van der Waals surface area contributed by atoms with E-state index in [-0.39, 0.29) is 11.7 Å². The van der Waals surface area contributed by atoms with Gasteiger partial charge in [0.25, 0.3) is 0 Å². The minimum atomic E-state index is -0.239. The molecule has 1 aromatic rings. The zero-order valence-electron chi connectivity index (χ0n) is 11.4. The summed E-state index contributed by atoms with van der Waals surface area (Å²) in [6.45, 7) is 1.82. The lowest BCUT2D eigenvalue weighted by Gasteiger charge is -2.18. The predicted molar refractivity (Wildman–Crippen MR) is 83.5 cm³/mol. The third-order valence-electron chi connectivity index (χ3n) is 3.36. The SMILES string of the molecule is O=C1CSC(=NN=Cc2ccc(N3CCCC3)c(F)c2)N1. The normalized spacial score (nSPS) is 20.7. The number of rotatable bonds is 3. The van der Waals surface area contributed by atoms with Crippen molar-refractivity contribution in [2.75, 3.05) is 23.7 Å². The molecule has 1 aromatic carbocycles. The highest BCUT2D eigenvalue weighted by molar-refractivity contribution is 8.15. The van der Waals surface area contributed by atoms with Crippen LogP contribution in [0.3, 0.4) is 0 Å². The maximum atomic E-state index is 14.1. The molecular weight excluding hydrogens is 291 g/mol. The van der Waals surface area contributed by atoms with Crippen LogP contribution >= 0.6 is 11.8 Å². The van der Waals surface area contributed by atoms with Crippen LogP contribution in [0.25, 0.3) is 0 Å². The van der Waals surface area contributed by atoms with Crippen LogP contribution in [0.1, 0.15) is 18.4 Å². The summed E-state index contributed by atoms with van der Waals surface area (Å²) >= 11 is 1.30. The lowest BCUT2D eigenvalue weighted by Crippen LogP contribution is -2.19. The number of carbonyl (C=O) groups is 1. The van der Waals surface area contributed by atoms with E-state index in [0.29, 0.717) is 22.2 Å². The summed E-state index contributed by atoms with van der Waals surface area (Å²) in [7, 11) is 0. The maximum Gasteiger partial charge on any atom is 0.236 e. The molecule has 0 radical (unpaired) electrons. The Kier molecular flexibility index (Phi) is 4.19. The van der Waals surface area contributed by atoms with Crippen LogP contribution in [0.15, 0.2) is 28.4 Å². The number of benzene rings is 1. The number of amides is 1. The number of hydrogen-bond donors (Lipinski definition) is 1. The van der Waals surface area contributed by atoms with Gasteiger partial charge in [-0.2, -0.15) is 5.10 Å². The van der Waals surface area contributed by atoms with Gasteiger partial charge in [0, 0.05) is 13.1 Å². The average Bonchev–Trinajstić information content (AvgIpc) is 3.11. The molecule has 110 valence electrons. The Labute approximate surface area is 126 Å². The van der Waals surface area contributed by atoms with Gasteiger partial charge in [-0.3, -0.25) is 4.79 Å². The van der Waals surface area contributed by atoms with Gasteiger partial charge in [-0.25, -0.2) is 4.39 Å². The van der Waals surface area contributed by atoms with Gasteiger partial charge in [0.15, 0.2) is 5.17 Å². The Hall–Kier alpha value is -1.89. The molecule has 0 bridgehead atoms.